The highest BCUT2D eigenvalue weighted by Gasteiger charge is 2.28. The Morgan fingerprint density at radius 1 is 1.33 bits per heavy atom. The smallest absolute Gasteiger partial charge is 0.333 e. The molecule has 1 aromatic rings. The first kappa shape index (κ1) is 23.2. The van der Waals surface area contributed by atoms with Gasteiger partial charge in [-0.1, -0.05) is 27.7 Å². The fraction of sp³-hybridized carbons (Fsp3) is 0.474. The molecule has 2 rings (SSSR count). The Labute approximate surface area is 176 Å². The molecule has 0 bridgehead atoms. The minimum Gasteiger partial charge on any atom is -0.477 e. The van der Waals surface area contributed by atoms with Gasteiger partial charge in [0.2, 0.25) is 5.90 Å². The molecule has 4 N–H and O–H groups in total. The van der Waals surface area contributed by atoms with Crippen molar-refractivity contribution in [3.8, 4) is 6.07 Å². The second kappa shape index (κ2) is 9.58. The molecule has 0 radical (unpaired) electrons. The number of hydrogen-bond donors (Lipinski definition) is 3. The Bertz CT molecular complexity index is 993. The zero-order valence-electron chi connectivity index (χ0n) is 17.4. The van der Waals surface area contributed by atoms with E-state index < -0.39 is 21.0 Å². The first-order valence-corrected chi connectivity index (χ1v) is 11.0. The summed E-state index contributed by atoms with van der Waals surface area (Å²) in [6.45, 7) is 8.23. The summed E-state index contributed by atoms with van der Waals surface area (Å²) in [5.74, 6) is -0.295. The fourth-order valence-electron chi connectivity index (χ4n) is 2.85. The third kappa shape index (κ3) is 5.27. The minimum atomic E-state index is -4.32. The van der Waals surface area contributed by atoms with Crippen LogP contribution in [0.1, 0.15) is 62.9 Å². The number of nitrogens with two attached hydrogens (primary N) is 1. The molecule has 30 heavy (non-hydrogen) atoms. The zero-order chi connectivity index (χ0) is 22.5. The maximum atomic E-state index is 12.7. The lowest BCUT2D eigenvalue weighted by Gasteiger charge is -2.20. The number of carbonyl (C=O) groups excluding carboxylic acids is 1. The number of aliphatic imine (C=N–C) groups is 1. The van der Waals surface area contributed by atoms with Gasteiger partial charge in [-0.3, -0.25) is 4.99 Å². The summed E-state index contributed by atoms with van der Waals surface area (Å²) in [5.41, 5.74) is 7.22. The lowest BCUT2D eigenvalue weighted by molar-refractivity contribution is 0.256. The average molecular weight is 435 g/mol. The number of amides is 2. The van der Waals surface area contributed by atoms with Gasteiger partial charge in [0, 0.05) is 19.2 Å². The van der Waals surface area contributed by atoms with Gasteiger partial charge < -0.3 is 15.8 Å². The van der Waals surface area contributed by atoms with E-state index in [2.05, 4.69) is 15.3 Å². The largest absolute Gasteiger partial charge is 0.477 e. The summed E-state index contributed by atoms with van der Waals surface area (Å²) in [6, 6.07) is 2.61. The first-order valence-electron chi connectivity index (χ1n) is 9.49. The van der Waals surface area contributed by atoms with Crippen LogP contribution in [0, 0.1) is 11.3 Å². The van der Waals surface area contributed by atoms with Gasteiger partial charge in [-0.2, -0.15) is 5.26 Å². The van der Waals surface area contributed by atoms with Crippen LogP contribution in [0.2, 0.25) is 0 Å². The van der Waals surface area contributed by atoms with E-state index in [1.54, 1.807) is 6.07 Å². The maximum Gasteiger partial charge on any atom is 0.333 e. The van der Waals surface area contributed by atoms with E-state index >= 15 is 0 Å². The molecule has 0 saturated heterocycles. The van der Waals surface area contributed by atoms with Crippen molar-refractivity contribution < 1.29 is 17.9 Å². The third-order valence-electron chi connectivity index (χ3n) is 4.28. The molecule has 0 atom stereocenters. The van der Waals surface area contributed by atoms with Gasteiger partial charge >= 0.3 is 6.03 Å². The normalized spacial score (nSPS) is 14.7. The Morgan fingerprint density at radius 3 is 2.53 bits per heavy atom. The number of hydrogen-bond acceptors (Lipinski definition) is 8. The summed E-state index contributed by atoms with van der Waals surface area (Å²) in [5, 5.41) is 11.8. The molecule has 1 aliphatic rings. The molecule has 0 aliphatic carbocycles. The highest BCUT2D eigenvalue weighted by Crippen LogP contribution is 2.32. The third-order valence-corrected chi connectivity index (χ3v) is 5.62. The van der Waals surface area contributed by atoms with E-state index in [9.17, 15) is 18.5 Å². The molecule has 11 heteroatoms. The van der Waals surface area contributed by atoms with Gasteiger partial charge in [0.15, 0.2) is 4.91 Å². The number of ether oxygens (including phenoxy) is 1. The number of pyridine rings is 1. The van der Waals surface area contributed by atoms with Crippen LogP contribution in [-0.4, -0.2) is 38.5 Å². The Hall–Kier alpha value is -3.13. The number of nitriles is 1. The van der Waals surface area contributed by atoms with Gasteiger partial charge in [-0.15, -0.1) is 0 Å². The number of nitrogens with zero attached hydrogens (tertiary/aromatic N) is 3. The van der Waals surface area contributed by atoms with Crippen molar-refractivity contribution in [3.63, 3.8) is 0 Å². The molecular weight excluding hydrogens is 408 g/mol. The number of rotatable bonds is 6. The van der Waals surface area contributed by atoms with Crippen LogP contribution in [0.15, 0.2) is 22.2 Å². The maximum absolute atomic E-state index is 12.7. The predicted molar refractivity (Wildman–Crippen MR) is 113 cm³/mol. The number of carbonyl (C=O) groups is 1. The second-order valence-corrected chi connectivity index (χ2v) is 8.91. The summed E-state index contributed by atoms with van der Waals surface area (Å²) in [6.07, 6.45) is 1.50. The van der Waals surface area contributed by atoms with Crippen LogP contribution in [0.4, 0.5) is 10.5 Å². The van der Waals surface area contributed by atoms with Crippen molar-refractivity contribution >= 4 is 27.6 Å². The molecule has 0 fully saturated rings. The predicted octanol–water partition coefficient (Wildman–Crippen LogP) is 2.27. The van der Waals surface area contributed by atoms with Gasteiger partial charge in [-0.05, 0) is 23.5 Å². The molecular formula is C19H26N6O4S. The van der Waals surface area contributed by atoms with Crippen LogP contribution in [-0.2, 0) is 14.8 Å². The monoisotopic (exact) mass is 434 g/mol. The lowest BCUT2D eigenvalue weighted by atomic mass is 9.96. The minimum absolute atomic E-state index is 0.0472. The van der Waals surface area contributed by atoms with Gasteiger partial charge in [0.25, 0.3) is 10.0 Å². The standard InChI is InChI=1S/C19H26N6O4S/c1-11(2)14-8-13(9-20)23-16(12(3)4)17(14)24-19(26)25-30(27,28)15(10-21)18-22-6-5-7-29-18/h8,10-12H,5-7,21H2,1-4H3,(H2,24,25,26). The van der Waals surface area contributed by atoms with Gasteiger partial charge in [0.1, 0.15) is 11.8 Å². The van der Waals surface area contributed by atoms with Crippen LogP contribution >= 0.6 is 0 Å². The highest BCUT2D eigenvalue weighted by molar-refractivity contribution is 7.94. The quantitative estimate of drug-likeness (QED) is 0.619. The number of urea groups is 1. The molecule has 0 saturated carbocycles. The number of anilines is 1. The topological polar surface area (TPSA) is 160 Å². The first-order chi connectivity index (χ1) is 14.1. The average Bonchev–Trinajstić information content (AvgIpc) is 2.68. The summed E-state index contributed by atoms with van der Waals surface area (Å²) in [7, 11) is -4.32. The summed E-state index contributed by atoms with van der Waals surface area (Å²) in [4.78, 5) is 20.5. The van der Waals surface area contributed by atoms with E-state index in [1.807, 2.05) is 38.5 Å². The lowest BCUT2D eigenvalue weighted by Crippen LogP contribution is -2.38. The Kier molecular flexibility index (Phi) is 7.39. The van der Waals surface area contributed by atoms with Crippen LogP contribution in [0.5, 0.6) is 0 Å². The van der Waals surface area contributed by atoms with Crippen molar-refractivity contribution in [2.75, 3.05) is 18.5 Å². The molecule has 2 amide bonds. The number of aromatic nitrogens is 1. The van der Waals surface area contributed by atoms with Crippen molar-refractivity contribution in [3.05, 3.63) is 34.1 Å². The fourth-order valence-corrected chi connectivity index (χ4v) is 3.79. The van der Waals surface area contributed by atoms with Crippen molar-refractivity contribution in [1.82, 2.24) is 9.71 Å². The number of sulfonamides is 1. The van der Waals surface area contributed by atoms with Crippen LogP contribution in [0.25, 0.3) is 0 Å². The van der Waals surface area contributed by atoms with Crippen molar-refractivity contribution in [2.45, 2.75) is 46.0 Å². The SMILES string of the molecule is CC(C)c1cc(C#N)nc(C(C)C)c1NC(=O)NS(=O)(=O)C(=CN)C1=NCCCO1. The highest BCUT2D eigenvalue weighted by atomic mass is 32.2. The van der Waals surface area contributed by atoms with E-state index in [4.69, 9.17) is 10.5 Å². The number of nitrogens with one attached hydrogen (secondary N) is 2. The zero-order valence-corrected chi connectivity index (χ0v) is 18.2. The van der Waals surface area contributed by atoms with E-state index in [-0.39, 0.29) is 23.4 Å². The molecule has 162 valence electrons. The van der Waals surface area contributed by atoms with Crippen molar-refractivity contribution in [2.24, 2.45) is 10.7 Å². The molecule has 2 heterocycles. The van der Waals surface area contributed by atoms with Crippen molar-refractivity contribution in [1.29, 1.82) is 5.26 Å². The molecule has 0 unspecified atom stereocenters. The Morgan fingerprint density at radius 2 is 2.03 bits per heavy atom. The molecule has 1 aliphatic heterocycles. The van der Waals surface area contributed by atoms with Crippen LogP contribution < -0.4 is 15.8 Å². The van der Waals surface area contributed by atoms with Gasteiger partial charge in [0.05, 0.1) is 18.0 Å². The van der Waals surface area contributed by atoms with E-state index in [1.165, 1.54) is 0 Å². The molecule has 0 aromatic carbocycles. The Balaban J connectivity index is 2.35. The summed E-state index contributed by atoms with van der Waals surface area (Å²) >= 11 is 0. The molecule has 0 spiro atoms. The van der Waals surface area contributed by atoms with E-state index in [0.29, 0.717) is 36.5 Å². The second-order valence-electron chi connectivity index (χ2n) is 7.26. The van der Waals surface area contributed by atoms with Crippen LogP contribution in [0.3, 0.4) is 0 Å². The van der Waals surface area contributed by atoms with E-state index in [0.717, 1.165) is 6.20 Å². The summed E-state index contributed by atoms with van der Waals surface area (Å²) < 4.78 is 32.5. The molecule has 1 aromatic heterocycles. The molecule has 10 nitrogen and oxygen atoms in total. The van der Waals surface area contributed by atoms with Gasteiger partial charge in [-0.25, -0.2) is 22.9 Å².